The summed E-state index contributed by atoms with van der Waals surface area (Å²) in [6.07, 6.45) is 4.08. The molecule has 0 amide bonds. The quantitative estimate of drug-likeness (QED) is 0.485. The van der Waals surface area contributed by atoms with Crippen LogP contribution in [0.2, 0.25) is 0 Å². The van der Waals surface area contributed by atoms with E-state index in [1.165, 1.54) is 4.90 Å². The summed E-state index contributed by atoms with van der Waals surface area (Å²) in [5, 5.41) is 0. The summed E-state index contributed by atoms with van der Waals surface area (Å²) in [4.78, 5) is 14.8. The number of benzene rings is 2. The predicted molar refractivity (Wildman–Crippen MR) is 92.6 cm³/mol. The lowest BCUT2D eigenvalue weighted by Gasteiger charge is -2.08. The molecule has 0 aliphatic heterocycles. The van der Waals surface area contributed by atoms with Crippen LogP contribution in [0.1, 0.15) is 21.5 Å². The van der Waals surface area contributed by atoms with Crippen LogP contribution in [-0.4, -0.2) is 18.3 Å². The Hall–Kier alpha value is -0.840. The van der Waals surface area contributed by atoms with Crippen LogP contribution >= 0.6 is 36.2 Å². The van der Waals surface area contributed by atoms with Crippen molar-refractivity contribution < 1.29 is 4.79 Å². The molecule has 0 heterocycles. The highest BCUT2D eigenvalue weighted by atomic mass is 32.2. The predicted octanol–water partition coefficient (Wildman–Crippen LogP) is 4.79. The van der Waals surface area contributed by atoms with Gasteiger partial charge >= 0.3 is 0 Å². The molecule has 0 aliphatic rings. The minimum atomic E-state index is 0.0682. The summed E-state index contributed by atoms with van der Waals surface area (Å²) in [5.74, 6) is 0.756. The molecule has 0 saturated carbocycles. The molecule has 0 saturated heterocycles. The molecule has 1 nitrogen and oxygen atoms in total. The molecule has 2 aromatic rings. The van der Waals surface area contributed by atoms with E-state index in [0.29, 0.717) is 5.75 Å². The van der Waals surface area contributed by atoms with E-state index in [4.69, 9.17) is 0 Å². The third-order valence-corrected chi connectivity index (χ3v) is 5.11. The van der Waals surface area contributed by atoms with Crippen LogP contribution in [0.25, 0.3) is 0 Å². The van der Waals surface area contributed by atoms with Crippen LogP contribution in [0.5, 0.6) is 0 Å². The molecule has 0 spiro atoms. The lowest BCUT2D eigenvalue weighted by Crippen LogP contribution is -2.01. The second-order valence-corrected chi connectivity index (χ2v) is 6.27. The molecule has 0 N–H and O–H groups in total. The first kappa shape index (κ1) is 15.5. The second kappa shape index (κ2) is 7.25. The zero-order valence-corrected chi connectivity index (χ0v) is 13.9. The Morgan fingerprint density at radius 2 is 1.55 bits per heavy atom. The number of thiol groups is 1. The monoisotopic (exact) mass is 320 g/mol. The number of rotatable bonds is 5. The van der Waals surface area contributed by atoms with E-state index >= 15 is 0 Å². The molecule has 2 rings (SSSR count). The topological polar surface area (TPSA) is 17.1 Å². The van der Waals surface area contributed by atoms with Crippen molar-refractivity contribution in [1.29, 1.82) is 0 Å². The van der Waals surface area contributed by atoms with Gasteiger partial charge in [0.05, 0.1) is 0 Å². The van der Waals surface area contributed by atoms with E-state index in [2.05, 4.69) is 12.6 Å². The molecule has 104 valence electrons. The first-order valence-corrected chi connectivity index (χ1v) is 9.24. The summed E-state index contributed by atoms with van der Waals surface area (Å²) < 4.78 is 0. The van der Waals surface area contributed by atoms with E-state index in [1.807, 2.05) is 55.0 Å². The number of thioether (sulfide) groups is 2. The number of carbonyl (C=O) groups excluding carboxylic acids is 1. The van der Waals surface area contributed by atoms with Gasteiger partial charge in [-0.3, -0.25) is 4.79 Å². The number of carbonyl (C=O) groups is 1. The molecule has 0 bridgehead atoms. The second-order valence-electron chi connectivity index (χ2n) is 4.25. The van der Waals surface area contributed by atoms with Crippen molar-refractivity contribution in [2.45, 2.75) is 15.5 Å². The van der Waals surface area contributed by atoms with Crippen LogP contribution < -0.4 is 0 Å². The van der Waals surface area contributed by atoms with Gasteiger partial charge in [0.1, 0.15) is 0 Å². The van der Waals surface area contributed by atoms with Gasteiger partial charge in [0.2, 0.25) is 0 Å². The van der Waals surface area contributed by atoms with Crippen molar-refractivity contribution in [3.63, 3.8) is 0 Å². The highest BCUT2D eigenvalue weighted by Crippen LogP contribution is 2.29. The van der Waals surface area contributed by atoms with Gasteiger partial charge in [-0.2, -0.15) is 12.6 Å². The standard InChI is InChI=1S/C16H16OS3/c1-19-14-8-7-13(9-15(14)20-2)16(17)12-5-3-11(10-18)4-6-12/h3-9,18H,10H2,1-2H3. The van der Waals surface area contributed by atoms with Crippen molar-refractivity contribution in [3.8, 4) is 0 Å². The summed E-state index contributed by atoms with van der Waals surface area (Å²) in [6.45, 7) is 0. The summed E-state index contributed by atoms with van der Waals surface area (Å²) in [6, 6.07) is 13.5. The van der Waals surface area contributed by atoms with Gasteiger partial charge in [0.15, 0.2) is 5.78 Å². The van der Waals surface area contributed by atoms with Crippen molar-refractivity contribution in [3.05, 3.63) is 59.2 Å². The van der Waals surface area contributed by atoms with Gasteiger partial charge in [-0.25, -0.2) is 0 Å². The molecule has 0 aliphatic carbocycles. The SMILES string of the molecule is CSc1ccc(C(=O)c2ccc(CS)cc2)cc1SC. The Morgan fingerprint density at radius 1 is 0.950 bits per heavy atom. The molecular weight excluding hydrogens is 304 g/mol. The Labute approximate surface area is 134 Å². The van der Waals surface area contributed by atoms with Gasteiger partial charge in [-0.05, 0) is 36.3 Å². The maximum atomic E-state index is 12.5. The van der Waals surface area contributed by atoms with E-state index in [1.54, 1.807) is 23.5 Å². The summed E-state index contributed by atoms with van der Waals surface area (Å²) in [7, 11) is 0. The maximum absolute atomic E-state index is 12.5. The van der Waals surface area contributed by atoms with Crippen molar-refractivity contribution >= 4 is 41.9 Å². The first-order valence-electron chi connectivity index (χ1n) is 6.16. The van der Waals surface area contributed by atoms with Crippen molar-refractivity contribution in [2.75, 3.05) is 12.5 Å². The Bertz CT molecular complexity index is 606. The van der Waals surface area contributed by atoms with Crippen LogP contribution in [0.3, 0.4) is 0 Å². The van der Waals surface area contributed by atoms with E-state index in [9.17, 15) is 4.79 Å². The van der Waals surface area contributed by atoms with Gasteiger partial charge < -0.3 is 0 Å². The van der Waals surface area contributed by atoms with Crippen LogP contribution in [0.4, 0.5) is 0 Å². The largest absolute Gasteiger partial charge is 0.289 e. The van der Waals surface area contributed by atoms with Gasteiger partial charge in [-0.15, -0.1) is 23.5 Å². The minimum Gasteiger partial charge on any atom is -0.289 e. The zero-order valence-electron chi connectivity index (χ0n) is 11.4. The molecule has 2 aromatic carbocycles. The van der Waals surface area contributed by atoms with Crippen LogP contribution in [0, 0.1) is 0 Å². The van der Waals surface area contributed by atoms with Crippen molar-refractivity contribution in [2.24, 2.45) is 0 Å². The van der Waals surface area contributed by atoms with E-state index < -0.39 is 0 Å². The molecule has 4 heteroatoms. The smallest absolute Gasteiger partial charge is 0.193 e. The Balaban J connectivity index is 2.32. The number of hydrogen-bond acceptors (Lipinski definition) is 4. The molecule has 0 fully saturated rings. The van der Waals surface area contributed by atoms with E-state index in [0.717, 1.165) is 21.6 Å². The van der Waals surface area contributed by atoms with E-state index in [-0.39, 0.29) is 5.78 Å². The van der Waals surface area contributed by atoms with Crippen molar-refractivity contribution in [1.82, 2.24) is 0 Å². The Kier molecular flexibility index (Phi) is 5.64. The number of hydrogen-bond donors (Lipinski definition) is 1. The third kappa shape index (κ3) is 3.43. The molecule has 0 unspecified atom stereocenters. The maximum Gasteiger partial charge on any atom is 0.193 e. The lowest BCUT2D eigenvalue weighted by atomic mass is 10.0. The average Bonchev–Trinajstić information content (AvgIpc) is 2.53. The Morgan fingerprint density at radius 3 is 2.10 bits per heavy atom. The highest BCUT2D eigenvalue weighted by molar-refractivity contribution is 8.01. The van der Waals surface area contributed by atoms with Gasteiger partial charge in [0, 0.05) is 26.7 Å². The molecule has 0 aromatic heterocycles. The normalized spacial score (nSPS) is 10.6. The number of ketones is 1. The lowest BCUT2D eigenvalue weighted by molar-refractivity contribution is 0.103. The molecule has 0 atom stereocenters. The molecular formula is C16H16OS3. The van der Waals surface area contributed by atoms with Crippen LogP contribution in [-0.2, 0) is 5.75 Å². The van der Waals surface area contributed by atoms with Crippen LogP contribution in [0.15, 0.2) is 52.3 Å². The fourth-order valence-corrected chi connectivity index (χ4v) is 3.59. The third-order valence-electron chi connectivity index (χ3n) is 3.04. The first-order chi connectivity index (χ1) is 9.69. The summed E-state index contributed by atoms with van der Waals surface area (Å²) in [5.41, 5.74) is 2.58. The van der Waals surface area contributed by atoms with Gasteiger partial charge in [0.25, 0.3) is 0 Å². The summed E-state index contributed by atoms with van der Waals surface area (Å²) >= 11 is 7.59. The highest BCUT2D eigenvalue weighted by Gasteiger charge is 2.11. The minimum absolute atomic E-state index is 0.0682. The molecule has 20 heavy (non-hydrogen) atoms. The molecule has 0 radical (unpaired) electrons. The fraction of sp³-hybridized carbons (Fsp3) is 0.188. The fourth-order valence-electron chi connectivity index (χ4n) is 1.91. The zero-order chi connectivity index (χ0) is 14.5. The average molecular weight is 321 g/mol. The van der Waals surface area contributed by atoms with Gasteiger partial charge in [-0.1, -0.05) is 24.3 Å².